The molecule has 3 fully saturated rings. The molecule has 4 N–H and O–H groups in total. The van der Waals surface area contributed by atoms with Crippen molar-refractivity contribution in [3.63, 3.8) is 0 Å². The summed E-state index contributed by atoms with van der Waals surface area (Å²) in [6.45, 7) is 14.2. The lowest BCUT2D eigenvalue weighted by Gasteiger charge is -2.56. The quantitative estimate of drug-likeness (QED) is 0.267. The van der Waals surface area contributed by atoms with Gasteiger partial charge in [0.1, 0.15) is 24.4 Å². The Morgan fingerprint density at radius 1 is 1.02 bits per heavy atom. The van der Waals surface area contributed by atoms with Crippen LogP contribution >= 0.6 is 0 Å². The molecule has 1 saturated heterocycles. The third-order valence-electron chi connectivity index (χ3n) is 12.9. The van der Waals surface area contributed by atoms with E-state index in [0.29, 0.717) is 17.3 Å². The smallest absolute Gasteiger partial charge is 0.186 e. The molecular weight excluding hydrogens is 516 g/mol. The van der Waals surface area contributed by atoms with Crippen molar-refractivity contribution >= 4 is 0 Å². The van der Waals surface area contributed by atoms with Crippen molar-refractivity contribution in [1.82, 2.24) is 0 Å². The second-order valence-electron chi connectivity index (χ2n) is 15.3. The number of allylic oxidation sites excluding steroid dienone is 3. The standard InChI is InChI=1S/C35H58O6/c1-7-22(20(2)3)9-8-21(4)26-12-13-27-25-11-10-23-18-24(14-16-34(23,5)28(25)15-17-35(26,27)6)40-33-32(39)31(38)30(37)29(19-36)41-33/h10,15,17,20-22,24-33,36-39H,7-9,11-14,16,18-19H2,1-6H3/t21-,22-,24+,25+,26-,27+,28+,29-,30-,31+,32-,33-,34+,35-/m1/s1. The van der Waals surface area contributed by atoms with Crippen molar-refractivity contribution in [3.05, 3.63) is 23.8 Å². The van der Waals surface area contributed by atoms with E-state index in [9.17, 15) is 20.4 Å². The van der Waals surface area contributed by atoms with E-state index in [0.717, 1.165) is 55.3 Å². The summed E-state index contributed by atoms with van der Waals surface area (Å²) >= 11 is 0. The number of fused-ring (bicyclic) bond motifs is 5. The third kappa shape index (κ3) is 5.64. The molecule has 6 nitrogen and oxygen atoms in total. The predicted molar refractivity (Wildman–Crippen MR) is 161 cm³/mol. The van der Waals surface area contributed by atoms with Crippen LogP contribution in [0.25, 0.3) is 0 Å². The number of hydrogen-bond donors (Lipinski definition) is 4. The highest BCUT2D eigenvalue weighted by Gasteiger charge is 2.57. The van der Waals surface area contributed by atoms with E-state index in [1.54, 1.807) is 0 Å². The highest BCUT2D eigenvalue weighted by atomic mass is 16.7. The molecule has 4 aliphatic carbocycles. The first-order chi connectivity index (χ1) is 19.4. The van der Waals surface area contributed by atoms with Crippen molar-refractivity contribution in [2.45, 2.75) is 136 Å². The molecule has 0 spiro atoms. The molecule has 6 heteroatoms. The molecule has 5 aliphatic rings. The van der Waals surface area contributed by atoms with Gasteiger partial charge in [0.2, 0.25) is 0 Å². The molecule has 2 saturated carbocycles. The monoisotopic (exact) mass is 574 g/mol. The normalized spacial score (nSPS) is 47.3. The van der Waals surface area contributed by atoms with E-state index < -0.39 is 37.3 Å². The zero-order chi connectivity index (χ0) is 29.7. The van der Waals surface area contributed by atoms with E-state index in [1.807, 2.05) is 0 Å². The molecule has 0 amide bonds. The zero-order valence-corrected chi connectivity index (χ0v) is 26.4. The first-order valence-electron chi connectivity index (χ1n) is 16.8. The Hall–Kier alpha value is -0.760. The fraction of sp³-hybridized carbons (Fsp3) is 0.886. The summed E-state index contributed by atoms with van der Waals surface area (Å²) in [7, 11) is 0. The van der Waals surface area contributed by atoms with Crippen molar-refractivity contribution in [3.8, 4) is 0 Å². The van der Waals surface area contributed by atoms with Gasteiger partial charge in [-0.3, -0.25) is 0 Å². The Balaban J connectivity index is 1.25. The summed E-state index contributed by atoms with van der Waals surface area (Å²) in [5.41, 5.74) is 1.87. The van der Waals surface area contributed by atoms with Gasteiger partial charge >= 0.3 is 0 Å². The molecule has 0 unspecified atom stereocenters. The van der Waals surface area contributed by atoms with Crippen molar-refractivity contribution in [2.75, 3.05) is 6.61 Å². The van der Waals surface area contributed by atoms with E-state index in [4.69, 9.17) is 9.47 Å². The summed E-state index contributed by atoms with van der Waals surface area (Å²) < 4.78 is 11.9. The average Bonchev–Trinajstić information content (AvgIpc) is 3.30. The Bertz CT molecular complexity index is 960. The van der Waals surface area contributed by atoms with Gasteiger partial charge in [0, 0.05) is 0 Å². The van der Waals surface area contributed by atoms with E-state index in [-0.39, 0.29) is 11.5 Å². The molecule has 0 bridgehead atoms. The van der Waals surface area contributed by atoms with Crippen LogP contribution in [0, 0.1) is 52.3 Å². The molecule has 0 aromatic rings. The first-order valence-corrected chi connectivity index (χ1v) is 16.8. The van der Waals surface area contributed by atoms with Crippen LogP contribution in [-0.4, -0.2) is 63.8 Å². The number of hydrogen-bond acceptors (Lipinski definition) is 6. The second-order valence-corrected chi connectivity index (χ2v) is 15.3. The van der Waals surface area contributed by atoms with Crippen LogP contribution in [0.15, 0.2) is 23.8 Å². The fourth-order valence-electron chi connectivity index (χ4n) is 10.1. The van der Waals surface area contributed by atoms with Crippen LogP contribution in [0.5, 0.6) is 0 Å². The molecule has 1 aliphatic heterocycles. The van der Waals surface area contributed by atoms with Crippen LogP contribution in [0.2, 0.25) is 0 Å². The summed E-state index contributed by atoms with van der Waals surface area (Å²) in [4.78, 5) is 0. The summed E-state index contributed by atoms with van der Waals surface area (Å²) in [6.07, 6.45) is 12.0. The van der Waals surface area contributed by atoms with Crippen molar-refractivity contribution in [1.29, 1.82) is 0 Å². The Morgan fingerprint density at radius 3 is 2.46 bits per heavy atom. The lowest BCUT2D eigenvalue weighted by Crippen LogP contribution is -2.60. The highest BCUT2D eigenvalue weighted by Crippen LogP contribution is 2.65. The minimum Gasteiger partial charge on any atom is -0.394 e. The number of aliphatic hydroxyl groups excluding tert-OH is 4. The second kappa shape index (κ2) is 12.3. The first kappa shape index (κ1) is 31.7. The number of ether oxygens (including phenoxy) is 2. The molecule has 234 valence electrons. The molecule has 0 aromatic heterocycles. The van der Waals surface area contributed by atoms with Gasteiger partial charge in [0.25, 0.3) is 0 Å². The molecule has 0 radical (unpaired) electrons. The van der Waals surface area contributed by atoms with E-state index >= 15 is 0 Å². The van der Waals surface area contributed by atoms with E-state index in [2.05, 4.69) is 59.8 Å². The topological polar surface area (TPSA) is 99.4 Å². The average molecular weight is 575 g/mol. The van der Waals surface area contributed by atoms with E-state index in [1.165, 1.54) is 37.7 Å². The zero-order valence-electron chi connectivity index (χ0n) is 26.4. The van der Waals surface area contributed by atoms with Crippen LogP contribution in [-0.2, 0) is 9.47 Å². The van der Waals surface area contributed by atoms with Gasteiger partial charge in [0.15, 0.2) is 6.29 Å². The number of rotatable bonds is 9. The van der Waals surface area contributed by atoms with Crippen molar-refractivity contribution in [2.24, 2.45) is 52.3 Å². The van der Waals surface area contributed by atoms with Gasteiger partial charge in [0.05, 0.1) is 12.7 Å². The predicted octanol–water partition coefficient (Wildman–Crippen LogP) is 5.63. The maximum Gasteiger partial charge on any atom is 0.186 e. The molecular formula is C35H58O6. The minimum absolute atomic E-state index is 0.116. The molecule has 1 heterocycles. The molecule has 41 heavy (non-hydrogen) atoms. The molecule has 5 rings (SSSR count). The molecule has 14 atom stereocenters. The third-order valence-corrected chi connectivity index (χ3v) is 12.9. The Morgan fingerprint density at radius 2 is 1.78 bits per heavy atom. The minimum atomic E-state index is -1.41. The Labute approximate surface area is 248 Å². The van der Waals surface area contributed by atoms with Gasteiger partial charge in [-0.1, -0.05) is 78.2 Å². The maximum absolute atomic E-state index is 10.5. The fourth-order valence-corrected chi connectivity index (χ4v) is 10.1. The molecule has 0 aromatic carbocycles. The van der Waals surface area contributed by atoms with Gasteiger partial charge in [-0.25, -0.2) is 0 Å². The van der Waals surface area contributed by atoms with Crippen molar-refractivity contribution < 1.29 is 29.9 Å². The highest BCUT2D eigenvalue weighted by molar-refractivity contribution is 5.30. The maximum atomic E-state index is 10.5. The van der Waals surface area contributed by atoms with Crippen LogP contribution in [0.3, 0.4) is 0 Å². The summed E-state index contributed by atoms with van der Waals surface area (Å²) in [5, 5.41) is 40.4. The largest absolute Gasteiger partial charge is 0.394 e. The Kier molecular flexibility index (Phi) is 9.51. The van der Waals surface area contributed by atoms with Gasteiger partial charge in [-0.2, -0.15) is 0 Å². The van der Waals surface area contributed by atoms with Gasteiger partial charge in [-0.05, 0) is 97.2 Å². The van der Waals surface area contributed by atoms with Crippen LogP contribution in [0.1, 0.15) is 99.3 Å². The lowest BCUT2D eigenvalue weighted by atomic mass is 9.49. The van der Waals surface area contributed by atoms with Crippen LogP contribution in [0.4, 0.5) is 0 Å². The SMILES string of the molecule is CC[C@H](CC[C@@H](C)[C@H]1CC[C@H]2[C@@H]3CC=C4C[C@@H](O[C@@H]5O[C@H](CO)[C@@H](O)[C@H](O)[C@H]5O)CC[C@]4(C)[C@H]3C=C[C@]12C)C(C)C. The summed E-state index contributed by atoms with van der Waals surface area (Å²) in [5.74, 6) is 5.14. The lowest BCUT2D eigenvalue weighted by molar-refractivity contribution is -0.312. The van der Waals surface area contributed by atoms with Gasteiger partial charge in [-0.15, -0.1) is 0 Å². The van der Waals surface area contributed by atoms with Gasteiger partial charge < -0.3 is 29.9 Å². The van der Waals surface area contributed by atoms with Crippen LogP contribution < -0.4 is 0 Å². The number of aliphatic hydroxyl groups is 4. The summed E-state index contributed by atoms with van der Waals surface area (Å²) in [6, 6.07) is 0.